The molecule has 1 N–H and O–H groups in total. The van der Waals surface area contributed by atoms with Crippen molar-refractivity contribution in [3.05, 3.63) is 41.3 Å². The van der Waals surface area contributed by atoms with Gasteiger partial charge in [-0.05, 0) is 32.4 Å². The Morgan fingerprint density at radius 1 is 1.33 bits per heavy atom. The molecule has 0 bridgehead atoms. The van der Waals surface area contributed by atoms with Crippen molar-refractivity contribution >= 4 is 11.6 Å². The van der Waals surface area contributed by atoms with Crippen LogP contribution in [0.25, 0.3) is 0 Å². The van der Waals surface area contributed by atoms with Gasteiger partial charge in [0.1, 0.15) is 11.5 Å². The van der Waals surface area contributed by atoms with E-state index in [1.165, 1.54) is 0 Å². The highest BCUT2D eigenvalue weighted by atomic mass is 16.5. The van der Waals surface area contributed by atoms with Crippen LogP contribution in [-0.2, 0) is 11.2 Å². The molecule has 1 aromatic carbocycles. The van der Waals surface area contributed by atoms with Gasteiger partial charge >= 0.3 is 0 Å². The molecule has 0 unspecified atom stereocenters. The number of hydrogen-bond donors (Lipinski definition) is 1. The van der Waals surface area contributed by atoms with Crippen molar-refractivity contribution < 1.29 is 14.1 Å². The van der Waals surface area contributed by atoms with Crippen molar-refractivity contribution in [2.24, 2.45) is 0 Å². The maximum absolute atomic E-state index is 12.2. The van der Waals surface area contributed by atoms with Crippen LogP contribution in [0.15, 0.2) is 28.8 Å². The summed E-state index contributed by atoms with van der Waals surface area (Å²) in [6.07, 6.45) is 1.16. The van der Waals surface area contributed by atoms with Gasteiger partial charge in [0.2, 0.25) is 5.91 Å². The van der Waals surface area contributed by atoms with E-state index in [1.807, 2.05) is 38.1 Å². The highest BCUT2D eigenvalue weighted by Gasteiger charge is 2.14. The van der Waals surface area contributed by atoms with E-state index in [2.05, 4.69) is 10.5 Å². The molecule has 112 valence electrons. The Balaban J connectivity index is 2.06. The van der Waals surface area contributed by atoms with Crippen molar-refractivity contribution in [2.45, 2.75) is 33.6 Å². The van der Waals surface area contributed by atoms with Gasteiger partial charge in [-0.25, -0.2) is 0 Å². The van der Waals surface area contributed by atoms with E-state index >= 15 is 0 Å². The molecule has 0 radical (unpaired) electrons. The third kappa shape index (κ3) is 3.84. The summed E-state index contributed by atoms with van der Waals surface area (Å²) in [6.45, 7) is 6.30. The van der Waals surface area contributed by atoms with Gasteiger partial charge in [-0.2, -0.15) is 0 Å². The molecule has 0 aliphatic carbocycles. The second-order valence-electron chi connectivity index (χ2n) is 4.87. The number of carbonyl (C=O) groups is 1. The molecular weight excluding hydrogens is 268 g/mol. The monoisotopic (exact) mass is 288 g/mol. The van der Waals surface area contributed by atoms with Crippen LogP contribution in [0.2, 0.25) is 0 Å². The normalized spacial score (nSPS) is 10.4. The minimum absolute atomic E-state index is 0.114. The first-order valence-corrected chi connectivity index (χ1v) is 7.05. The van der Waals surface area contributed by atoms with Gasteiger partial charge in [0.15, 0.2) is 0 Å². The first-order chi connectivity index (χ1) is 10.1. The van der Waals surface area contributed by atoms with Crippen LogP contribution in [0.4, 0.5) is 5.69 Å². The average Bonchev–Trinajstić information content (AvgIpc) is 2.78. The van der Waals surface area contributed by atoms with Crippen molar-refractivity contribution in [2.75, 3.05) is 11.9 Å². The van der Waals surface area contributed by atoms with Crippen LogP contribution in [0.5, 0.6) is 5.75 Å². The highest BCUT2D eigenvalue weighted by Crippen LogP contribution is 2.24. The molecule has 0 fully saturated rings. The molecule has 0 aliphatic heterocycles. The van der Waals surface area contributed by atoms with Crippen LogP contribution in [0.3, 0.4) is 0 Å². The van der Waals surface area contributed by atoms with E-state index in [0.717, 1.165) is 17.7 Å². The molecule has 1 amide bonds. The number of nitrogens with zero attached hydrogens (tertiary/aromatic N) is 1. The Morgan fingerprint density at radius 2 is 2.10 bits per heavy atom. The summed E-state index contributed by atoms with van der Waals surface area (Å²) in [6, 6.07) is 7.43. The molecule has 1 aromatic heterocycles. The molecule has 21 heavy (non-hydrogen) atoms. The number of aryl methyl sites for hydroxylation is 2. The van der Waals surface area contributed by atoms with E-state index in [4.69, 9.17) is 9.26 Å². The fraction of sp³-hybridized carbons (Fsp3) is 0.375. The number of carbonyl (C=O) groups excluding carboxylic acids is 1. The molecule has 0 saturated carbocycles. The topological polar surface area (TPSA) is 64.4 Å². The van der Waals surface area contributed by atoms with Crippen molar-refractivity contribution in [1.29, 1.82) is 0 Å². The van der Waals surface area contributed by atoms with E-state index in [0.29, 0.717) is 23.8 Å². The molecule has 2 rings (SSSR count). The first kappa shape index (κ1) is 15.1. The van der Waals surface area contributed by atoms with Gasteiger partial charge in [0.25, 0.3) is 0 Å². The molecule has 0 aliphatic rings. The Morgan fingerprint density at radius 3 is 2.76 bits per heavy atom. The van der Waals surface area contributed by atoms with E-state index in [9.17, 15) is 4.79 Å². The second kappa shape index (κ2) is 6.92. The van der Waals surface area contributed by atoms with Gasteiger partial charge in [-0.3, -0.25) is 4.79 Å². The lowest BCUT2D eigenvalue weighted by Crippen LogP contribution is -2.16. The van der Waals surface area contributed by atoms with Crippen LogP contribution < -0.4 is 10.1 Å². The maximum Gasteiger partial charge on any atom is 0.229 e. The SMILES string of the molecule is CCCOc1ccccc1NC(=O)Cc1c(C)noc1C. The zero-order chi connectivity index (χ0) is 15.2. The molecular formula is C16H20N2O3. The third-order valence-electron chi connectivity index (χ3n) is 3.14. The lowest BCUT2D eigenvalue weighted by atomic mass is 10.1. The number of amides is 1. The number of rotatable bonds is 6. The van der Waals surface area contributed by atoms with Crippen molar-refractivity contribution in [1.82, 2.24) is 5.16 Å². The molecule has 0 spiro atoms. The van der Waals surface area contributed by atoms with Gasteiger partial charge in [0.05, 0.1) is 24.4 Å². The Hall–Kier alpha value is -2.30. The fourth-order valence-corrected chi connectivity index (χ4v) is 2.02. The zero-order valence-corrected chi connectivity index (χ0v) is 12.6. The predicted molar refractivity (Wildman–Crippen MR) is 80.5 cm³/mol. The molecule has 0 atom stereocenters. The van der Waals surface area contributed by atoms with Gasteiger partial charge < -0.3 is 14.6 Å². The highest BCUT2D eigenvalue weighted by molar-refractivity contribution is 5.93. The molecule has 1 heterocycles. The average molecular weight is 288 g/mol. The standard InChI is InChI=1S/C16H20N2O3/c1-4-9-20-15-8-6-5-7-14(15)17-16(19)10-13-11(2)18-21-12(13)3/h5-8H,4,9-10H2,1-3H3,(H,17,19). The predicted octanol–water partition coefficient (Wildman–Crippen LogP) is 3.26. The number of anilines is 1. The Bertz CT molecular complexity index is 600. The Labute approximate surface area is 124 Å². The van der Waals surface area contributed by atoms with Gasteiger partial charge in [-0.15, -0.1) is 0 Å². The minimum Gasteiger partial charge on any atom is -0.491 e. The maximum atomic E-state index is 12.2. The summed E-state index contributed by atoms with van der Waals surface area (Å²) in [5.41, 5.74) is 2.26. The first-order valence-electron chi connectivity index (χ1n) is 7.05. The smallest absolute Gasteiger partial charge is 0.229 e. The van der Waals surface area contributed by atoms with Gasteiger partial charge in [0, 0.05) is 5.56 Å². The molecule has 2 aromatic rings. The van der Waals surface area contributed by atoms with E-state index in [-0.39, 0.29) is 12.3 Å². The molecule has 5 heteroatoms. The zero-order valence-electron chi connectivity index (χ0n) is 12.6. The lowest BCUT2D eigenvalue weighted by Gasteiger charge is -2.11. The number of benzene rings is 1. The summed E-state index contributed by atoms with van der Waals surface area (Å²) >= 11 is 0. The Kier molecular flexibility index (Phi) is 4.98. The quantitative estimate of drug-likeness (QED) is 0.886. The van der Waals surface area contributed by atoms with Gasteiger partial charge in [-0.1, -0.05) is 24.2 Å². The van der Waals surface area contributed by atoms with E-state index in [1.54, 1.807) is 6.92 Å². The summed E-state index contributed by atoms with van der Waals surface area (Å²) in [7, 11) is 0. The lowest BCUT2D eigenvalue weighted by molar-refractivity contribution is -0.115. The summed E-state index contributed by atoms with van der Waals surface area (Å²) < 4.78 is 10.7. The summed E-state index contributed by atoms with van der Waals surface area (Å²) in [5, 5.41) is 6.73. The van der Waals surface area contributed by atoms with Crippen LogP contribution >= 0.6 is 0 Å². The van der Waals surface area contributed by atoms with E-state index < -0.39 is 0 Å². The van der Waals surface area contributed by atoms with Crippen LogP contribution in [0.1, 0.15) is 30.4 Å². The number of ether oxygens (including phenoxy) is 1. The fourth-order valence-electron chi connectivity index (χ4n) is 2.02. The number of hydrogen-bond acceptors (Lipinski definition) is 4. The number of nitrogens with one attached hydrogen (secondary N) is 1. The number of aromatic nitrogens is 1. The summed E-state index contributed by atoms with van der Waals surface area (Å²) in [5.74, 6) is 1.25. The number of para-hydroxylation sites is 2. The summed E-state index contributed by atoms with van der Waals surface area (Å²) in [4.78, 5) is 12.2. The van der Waals surface area contributed by atoms with Crippen molar-refractivity contribution in [3.8, 4) is 5.75 Å². The largest absolute Gasteiger partial charge is 0.491 e. The van der Waals surface area contributed by atoms with Crippen LogP contribution in [0, 0.1) is 13.8 Å². The third-order valence-corrected chi connectivity index (χ3v) is 3.14. The molecule has 0 saturated heterocycles. The minimum atomic E-state index is -0.114. The van der Waals surface area contributed by atoms with Crippen molar-refractivity contribution in [3.63, 3.8) is 0 Å². The van der Waals surface area contributed by atoms with Crippen LogP contribution in [-0.4, -0.2) is 17.7 Å². The second-order valence-corrected chi connectivity index (χ2v) is 4.87. The molecule has 5 nitrogen and oxygen atoms in total.